The Morgan fingerprint density at radius 3 is 2.68 bits per heavy atom. The molecule has 1 aliphatic rings. The Hall–Kier alpha value is -1.80. The normalized spacial score (nSPS) is 19.7. The first-order valence-electron chi connectivity index (χ1n) is 6.86. The molecule has 0 radical (unpaired) electrons. The molecule has 0 fully saturated rings. The lowest BCUT2D eigenvalue weighted by atomic mass is 9.88. The first kappa shape index (κ1) is 12.2. The highest BCUT2D eigenvalue weighted by Gasteiger charge is 2.22. The van der Waals surface area contributed by atoms with Gasteiger partial charge in [0.1, 0.15) is 0 Å². The van der Waals surface area contributed by atoms with Gasteiger partial charge in [0.25, 0.3) is 0 Å². The van der Waals surface area contributed by atoms with Gasteiger partial charge in [0.05, 0.1) is 0 Å². The zero-order chi connectivity index (χ0) is 13.2. The molecule has 0 spiro atoms. The van der Waals surface area contributed by atoms with Crippen LogP contribution in [-0.2, 0) is 6.42 Å². The molecule has 0 aromatic heterocycles. The van der Waals surface area contributed by atoms with Crippen molar-refractivity contribution in [1.82, 2.24) is 4.90 Å². The SMILES string of the molecule is CN1CCc2ccc(N)cc2[C@@H](c2ccccc2)C1. The molecular weight excluding hydrogens is 232 g/mol. The fourth-order valence-corrected chi connectivity index (χ4v) is 2.95. The molecule has 1 aliphatic heterocycles. The summed E-state index contributed by atoms with van der Waals surface area (Å²) in [7, 11) is 2.20. The van der Waals surface area contributed by atoms with E-state index >= 15 is 0 Å². The number of likely N-dealkylation sites (N-methyl/N-ethyl adjacent to an activating group) is 1. The first-order valence-corrected chi connectivity index (χ1v) is 6.86. The zero-order valence-corrected chi connectivity index (χ0v) is 11.3. The predicted octanol–water partition coefficient (Wildman–Crippen LogP) is 2.89. The number of nitrogen functional groups attached to an aromatic ring is 1. The van der Waals surface area contributed by atoms with Crippen LogP contribution in [0.1, 0.15) is 22.6 Å². The summed E-state index contributed by atoms with van der Waals surface area (Å²) >= 11 is 0. The number of fused-ring (bicyclic) bond motifs is 1. The number of hydrogen-bond acceptors (Lipinski definition) is 2. The van der Waals surface area contributed by atoms with Gasteiger partial charge >= 0.3 is 0 Å². The third kappa shape index (κ3) is 2.49. The average molecular weight is 252 g/mol. The van der Waals surface area contributed by atoms with Crippen molar-refractivity contribution in [1.29, 1.82) is 0 Å². The fraction of sp³-hybridized carbons (Fsp3) is 0.294. The summed E-state index contributed by atoms with van der Waals surface area (Å²) in [6.45, 7) is 2.17. The van der Waals surface area contributed by atoms with Gasteiger partial charge in [-0.2, -0.15) is 0 Å². The Bertz CT molecular complexity index is 563. The summed E-state index contributed by atoms with van der Waals surface area (Å²) in [5, 5.41) is 0. The van der Waals surface area contributed by atoms with Gasteiger partial charge in [-0.05, 0) is 42.3 Å². The van der Waals surface area contributed by atoms with E-state index in [1.165, 1.54) is 16.7 Å². The zero-order valence-electron chi connectivity index (χ0n) is 11.3. The molecule has 1 heterocycles. The minimum atomic E-state index is 0.423. The highest BCUT2D eigenvalue weighted by Crippen LogP contribution is 2.32. The van der Waals surface area contributed by atoms with Crippen LogP contribution in [0, 0.1) is 0 Å². The van der Waals surface area contributed by atoms with Crippen LogP contribution < -0.4 is 5.73 Å². The Morgan fingerprint density at radius 1 is 1.11 bits per heavy atom. The number of benzene rings is 2. The van der Waals surface area contributed by atoms with Crippen LogP contribution in [0.3, 0.4) is 0 Å². The minimum absolute atomic E-state index is 0.423. The summed E-state index contributed by atoms with van der Waals surface area (Å²) < 4.78 is 0. The lowest BCUT2D eigenvalue weighted by Crippen LogP contribution is -2.24. The van der Waals surface area contributed by atoms with E-state index < -0.39 is 0 Å². The molecule has 2 heteroatoms. The molecule has 0 aliphatic carbocycles. The summed E-state index contributed by atoms with van der Waals surface area (Å²) in [5.41, 5.74) is 11.1. The summed E-state index contributed by atoms with van der Waals surface area (Å²) in [6.07, 6.45) is 1.11. The second-order valence-electron chi connectivity index (χ2n) is 5.43. The Morgan fingerprint density at radius 2 is 1.89 bits per heavy atom. The maximum Gasteiger partial charge on any atom is 0.0317 e. The Kier molecular flexibility index (Phi) is 3.26. The number of nitrogens with two attached hydrogens (primary N) is 1. The van der Waals surface area contributed by atoms with Gasteiger partial charge in [-0.15, -0.1) is 0 Å². The van der Waals surface area contributed by atoms with Crippen molar-refractivity contribution >= 4 is 5.69 Å². The van der Waals surface area contributed by atoms with E-state index in [2.05, 4.69) is 54.4 Å². The minimum Gasteiger partial charge on any atom is -0.399 e. The van der Waals surface area contributed by atoms with E-state index in [1.807, 2.05) is 6.07 Å². The van der Waals surface area contributed by atoms with Crippen LogP contribution in [0.2, 0.25) is 0 Å². The molecule has 0 unspecified atom stereocenters. The molecule has 2 N–H and O–H groups in total. The van der Waals surface area contributed by atoms with E-state index in [1.54, 1.807) is 0 Å². The van der Waals surface area contributed by atoms with Crippen LogP contribution >= 0.6 is 0 Å². The van der Waals surface area contributed by atoms with Gasteiger partial charge in [0.15, 0.2) is 0 Å². The third-order valence-corrected chi connectivity index (χ3v) is 4.00. The molecule has 1 atom stereocenters. The largest absolute Gasteiger partial charge is 0.399 e. The van der Waals surface area contributed by atoms with Gasteiger partial charge in [0, 0.05) is 24.7 Å². The molecule has 19 heavy (non-hydrogen) atoms. The molecule has 0 bridgehead atoms. The summed E-state index contributed by atoms with van der Waals surface area (Å²) in [6, 6.07) is 17.1. The second kappa shape index (κ2) is 5.06. The van der Waals surface area contributed by atoms with Gasteiger partial charge in [-0.1, -0.05) is 36.4 Å². The van der Waals surface area contributed by atoms with Crippen molar-refractivity contribution in [2.24, 2.45) is 0 Å². The third-order valence-electron chi connectivity index (χ3n) is 4.00. The van der Waals surface area contributed by atoms with Crippen molar-refractivity contribution in [2.45, 2.75) is 12.3 Å². The highest BCUT2D eigenvalue weighted by molar-refractivity contribution is 5.49. The van der Waals surface area contributed by atoms with Gasteiger partial charge in [-0.3, -0.25) is 0 Å². The van der Waals surface area contributed by atoms with Crippen LogP contribution in [0.25, 0.3) is 0 Å². The van der Waals surface area contributed by atoms with E-state index in [9.17, 15) is 0 Å². The standard InChI is InChI=1S/C17H20N2/c1-19-10-9-14-7-8-15(18)11-16(14)17(12-19)13-5-3-2-4-6-13/h2-8,11,17H,9-10,12,18H2,1H3/t17-/m1/s1. The monoisotopic (exact) mass is 252 g/mol. The predicted molar refractivity (Wildman–Crippen MR) is 80.3 cm³/mol. The van der Waals surface area contributed by atoms with Crippen LogP contribution in [0.5, 0.6) is 0 Å². The van der Waals surface area contributed by atoms with Crippen LogP contribution in [0.4, 0.5) is 5.69 Å². The van der Waals surface area contributed by atoms with Crippen molar-refractivity contribution in [2.75, 3.05) is 25.9 Å². The number of anilines is 1. The molecule has 0 saturated heterocycles. The summed E-state index contributed by atoms with van der Waals surface area (Å²) in [4.78, 5) is 2.41. The van der Waals surface area contributed by atoms with E-state index in [-0.39, 0.29) is 0 Å². The van der Waals surface area contributed by atoms with Crippen molar-refractivity contribution < 1.29 is 0 Å². The van der Waals surface area contributed by atoms with Crippen molar-refractivity contribution in [3.05, 3.63) is 65.2 Å². The molecule has 2 nitrogen and oxygen atoms in total. The van der Waals surface area contributed by atoms with E-state index in [0.717, 1.165) is 25.2 Å². The van der Waals surface area contributed by atoms with Gasteiger partial charge in [-0.25, -0.2) is 0 Å². The Labute approximate surface area is 114 Å². The molecule has 98 valence electrons. The fourth-order valence-electron chi connectivity index (χ4n) is 2.95. The molecule has 3 rings (SSSR count). The van der Waals surface area contributed by atoms with E-state index in [4.69, 9.17) is 5.73 Å². The van der Waals surface area contributed by atoms with Crippen molar-refractivity contribution in [3.8, 4) is 0 Å². The van der Waals surface area contributed by atoms with E-state index in [0.29, 0.717) is 5.92 Å². The molecule has 0 saturated carbocycles. The average Bonchev–Trinajstić information content (AvgIpc) is 2.59. The Balaban J connectivity index is 2.09. The molecule has 2 aromatic rings. The molecule has 0 amide bonds. The first-order chi connectivity index (χ1) is 9.24. The topological polar surface area (TPSA) is 29.3 Å². The maximum absolute atomic E-state index is 5.99. The second-order valence-corrected chi connectivity index (χ2v) is 5.43. The number of rotatable bonds is 1. The molecular formula is C17H20N2. The highest BCUT2D eigenvalue weighted by atomic mass is 15.1. The molecule has 2 aromatic carbocycles. The van der Waals surface area contributed by atoms with Crippen molar-refractivity contribution in [3.63, 3.8) is 0 Å². The smallest absolute Gasteiger partial charge is 0.0317 e. The maximum atomic E-state index is 5.99. The summed E-state index contributed by atoms with van der Waals surface area (Å²) in [5.74, 6) is 0.423. The number of hydrogen-bond donors (Lipinski definition) is 1. The van der Waals surface area contributed by atoms with Gasteiger partial charge < -0.3 is 10.6 Å². The number of nitrogens with zero attached hydrogens (tertiary/aromatic N) is 1. The van der Waals surface area contributed by atoms with Gasteiger partial charge in [0.2, 0.25) is 0 Å². The lowest BCUT2D eigenvalue weighted by Gasteiger charge is -2.22. The lowest BCUT2D eigenvalue weighted by molar-refractivity contribution is 0.338. The quantitative estimate of drug-likeness (QED) is 0.791. The van der Waals surface area contributed by atoms with Crippen LogP contribution in [-0.4, -0.2) is 25.0 Å². The van der Waals surface area contributed by atoms with Crippen LogP contribution in [0.15, 0.2) is 48.5 Å².